The van der Waals surface area contributed by atoms with Crippen molar-refractivity contribution in [1.29, 1.82) is 0 Å². The van der Waals surface area contributed by atoms with Crippen molar-refractivity contribution in [3.05, 3.63) is 41.7 Å². The smallest absolute Gasteiger partial charge is 0.417 e. The molecule has 1 aliphatic rings. The molecule has 1 N–H and O–H groups in total. The summed E-state index contributed by atoms with van der Waals surface area (Å²) >= 11 is 0. The highest BCUT2D eigenvalue weighted by Gasteiger charge is 2.36. The Morgan fingerprint density at radius 2 is 2.00 bits per heavy atom. The summed E-state index contributed by atoms with van der Waals surface area (Å²) in [6.45, 7) is 5.10. The second kappa shape index (κ2) is 8.49. The maximum atomic E-state index is 12.6. The fourth-order valence-electron chi connectivity index (χ4n) is 2.44. The Hall–Kier alpha value is -2.47. The van der Waals surface area contributed by atoms with Crippen molar-refractivity contribution >= 4 is 21.9 Å². The summed E-state index contributed by atoms with van der Waals surface area (Å²) in [5.41, 5.74) is -0.816. The number of carbonyl (C=O) groups is 2. The topological polar surface area (TPSA) is 106 Å². The van der Waals surface area contributed by atoms with E-state index in [9.17, 15) is 31.2 Å². The van der Waals surface area contributed by atoms with Crippen molar-refractivity contribution in [3.63, 3.8) is 0 Å². The third kappa shape index (κ3) is 6.26. The van der Waals surface area contributed by atoms with Gasteiger partial charge in [0.25, 0.3) is 0 Å². The highest BCUT2D eigenvalue weighted by Crippen LogP contribution is 2.29. The number of rotatable bonds is 7. The number of carbonyl (C=O) groups excluding carboxylic acids is 2. The van der Waals surface area contributed by atoms with E-state index in [1.165, 1.54) is 6.92 Å². The summed E-state index contributed by atoms with van der Waals surface area (Å²) in [6, 6.07) is 1.32. The molecule has 0 aliphatic carbocycles. The molecule has 1 saturated heterocycles. The average Bonchev–Trinajstić information content (AvgIpc) is 2.55. The molecule has 2 rings (SSSR count). The Morgan fingerprint density at radius 3 is 2.48 bits per heavy atom. The fraction of sp³-hybridized carbons (Fsp3) is 0.471. The van der Waals surface area contributed by atoms with Crippen LogP contribution in [0.1, 0.15) is 30.6 Å². The number of hydrogen-bond donors (Lipinski definition) is 1. The summed E-state index contributed by atoms with van der Waals surface area (Å²) in [4.78, 5) is 27.7. The molecule has 1 fully saturated rings. The van der Waals surface area contributed by atoms with E-state index in [0.29, 0.717) is 6.20 Å². The summed E-state index contributed by atoms with van der Waals surface area (Å²) in [7, 11) is -3.34. The third-order valence-corrected chi connectivity index (χ3v) is 5.39. The minimum absolute atomic E-state index is 0.0423. The molecule has 29 heavy (non-hydrogen) atoms. The van der Waals surface area contributed by atoms with Gasteiger partial charge in [0, 0.05) is 11.8 Å². The molecule has 1 aromatic heterocycles. The number of amides is 1. The minimum Gasteiger partial charge on any atom is -0.456 e. The lowest BCUT2D eigenvalue weighted by molar-refractivity contribution is -0.150. The van der Waals surface area contributed by atoms with Crippen LogP contribution in [-0.2, 0) is 30.5 Å². The van der Waals surface area contributed by atoms with Crippen molar-refractivity contribution in [1.82, 2.24) is 14.6 Å². The zero-order valence-electron chi connectivity index (χ0n) is 15.7. The molecule has 2 heterocycles. The van der Waals surface area contributed by atoms with Gasteiger partial charge in [-0.05, 0) is 19.1 Å². The predicted molar refractivity (Wildman–Crippen MR) is 95.9 cm³/mol. The van der Waals surface area contributed by atoms with Crippen LogP contribution >= 0.6 is 0 Å². The first-order valence-electron chi connectivity index (χ1n) is 8.43. The van der Waals surface area contributed by atoms with Crippen LogP contribution in [0.5, 0.6) is 0 Å². The number of aromatic nitrogens is 1. The quantitative estimate of drug-likeness (QED) is 0.513. The number of pyridine rings is 1. The maximum absolute atomic E-state index is 12.6. The molecule has 12 heteroatoms. The van der Waals surface area contributed by atoms with Crippen molar-refractivity contribution in [2.45, 2.75) is 31.7 Å². The lowest BCUT2D eigenvalue weighted by atomic mass is 10.1. The molecule has 0 bridgehead atoms. The number of alkyl halides is 3. The highest BCUT2D eigenvalue weighted by atomic mass is 32.2. The second-order valence-corrected chi connectivity index (χ2v) is 8.63. The first-order chi connectivity index (χ1) is 13.3. The van der Waals surface area contributed by atoms with Crippen LogP contribution < -0.4 is 5.32 Å². The Balaban J connectivity index is 1.80. The highest BCUT2D eigenvalue weighted by molar-refractivity contribution is 7.88. The molecule has 1 amide bonds. The Kier molecular flexibility index (Phi) is 6.68. The van der Waals surface area contributed by atoms with Gasteiger partial charge in [-0.25, -0.2) is 13.2 Å². The van der Waals surface area contributed by atoms with Gasteiger partial charge >= 0.3 is 12.1 Å². The molecule has 0 radical (unpaired) electrons. The van der Waals surface area contributed by atoms with Crippen molar-refractivity contribution in [2.75, 3.05) is 19.3 Å². The normalized spacial score (nSPS) is 16.6. The molecule has 160 valence electrons. The molecule has 1 aliphatic heterocycles. The summed E-state index contributed by atoms with van der Waals surface area (Å²) in [5, 5.41) is 2.51. The lowest BCUT2D eigenvalue weighted by Crippen LogP contribution is -2.54. The molecule has 8 nitrogen and oxygen atoms in total. The largest absolute Gasteiger partial charge is 0.456 e. The number of hydrogen-bond acceptors (Lipinski definition) is 6. The summed E-state index contributed by atoms with van der Waals surface area (Å²) in [6.07, 6.45) is -3.78. The predicted octanol–water partition coefficient (Wildman–Crippen LogP) is 1.41. The standard InChI is InChI=1S/C17H20F3N3O5S/c1-10(16(25)28-13-8-23(9-13)29(3,26)27)6-15(24)22-11(2)14-5-4-12(7-21-14)17(18,19)20/h4-5,7,11,13H,1,6,8-9H2,2-3H3,(H,22,24)/t11-/m0/s1. The number of nitrogens with one attached hydrogen (secondary N) is 1. The third-order valence-electron chi connectivity index (χ3n) is 4.15. The van der Waals surface area contributed by atoms with Crippen LogP contribution in [0.4, 0.5) is 13.2 Å². The zero-order chi connectivity index (χ0) is 22.0. The number of nitrogens with zero attached hydrogens (tertiary/aromatic N) is 2. The molecule has 0 saturated carbocycles. The minimum atomic E-state index is -4.51. The molecular formula is C17H20F3N3O5S. The zero-order valence-corrected chi connectivity index (χ0v) is 16.5. The van der Waals surface area contributed by atoms with Gasteiger partial charge < -0.3 is 10.1 Å². The number of ether oxygens (including phenoxy) is 1. The van der Waals surface area contributed by atoms with Crippen molar-refractivity contribution in [3.8, 4) is 0 Å². The summed E-state index contributed by atoms with van der Waals surface area (Å²) in [5.74, 6) is -1.41. The van der Waals surface area contributed by atoms with E-state index in [2.05, 4.69) is 16.9 Å². The van der Waals surface area contributed by atoms with E-state index >= 15 is 0 Å². The van der Waals surface area contributed by atoms with Crippen LogP contribution in [0.25, 0.3) is 0 Å². The van der Waals surface area contributed by atoms with E-state index in [1.54, 1.807) is 0 Å². The van der Waals surface area contributed by atoms with Crippen LogP contribution in [-0.4, -0.2) is 55.0 Å². The Morgan fingerprint density at radius 1 is 1.38 bits per heavy atom. The van der Waals surface area contributed by atoms with Crippen LogP contribution in [0.15, 0.2) is 30.5 Å². The van der Waals surface area contributed by atoms with Crippen LogP contribution in [0.3, 0.4) is 0 Å². The fourth-order valence-corrected chi connectivity index (χ4v) is 3.32. The van der Waals surface area contributed by atoms with E-state index in [0.717, 1.165) is 22.7 Å². The van der Waals surface area contributed by atoms with Gasteiger partial charge in [0.15, 0.2) is 0 Å². The molecule has 1 atom stereocenters. The van der Waals surface area contributed by atoms with E-state index in [-0.39, 0.29) is 30.8 Å². The molecular weight excluding hydrogens is 415 g/mol. The molecule has 1 aromatic rings. The van der Waals surface area contributed by atoms with Gasteiger partial charge in [0.2, 0.25) is 15.9 Å². The SMILES string of the molecule is C=C(CC(=O)N[C@@H](C)c1ccc(C(F)(F)F)cn1)C(=O)OC1CN(S(C)(=O)=O)C1. The van der Waals surface area contributed by atoms with E-state index in [1.807, 2.05) is 0 Å². The lowest BCUT2D eigenvalue weighted by Gasteiger charge is -2.36. The first-order valence-corrected chi connectivity index (χ1v) is 10.3. The van der Waals surface area contributed by atoms with E-state index in [4.69, 9.17) is 4.74 Å². The number of sulfonamides is 1. The Bertz CT molecular complexity index is 894. The number of esters is 1. The van der Waals surface area contributed by atoms with Gasteiger partial charge in [-0.1, -0.05) is 6.58 Å². The first kappa shape index (κ1) is 22.8. The van der Waals surface area contributed by atoms with Crippen LogP contribution in [0, 0.1) is 0 Å². The average molecular weight is 435 g/mol. The number of halogens is 3. The maximum Gasteiger partial charge on any atom is 0.417 e. The van der Waals surface area contributed by atoms with Gasteiger partial charge in [-0.15, -0.1) is 0 Å². The van der Waals surface area contributed by atoms with Gasteiger partial charge in [-0.3, -0.25) is 9.78 Å². The molecule has 0 aromatic carbocycles. The van der Waals surface area contributed by atoms with Gasteiger partial charge in [0.05, 0.1) is 43.1 Å². The second-order valence-electron chi connectivity index (χ2n) is 6.65. The summed E-state index contributed by atoms with van der Waals surface area (Å²) < 4.78 is 66.4. The van der Waals surface area contributed by atoms with E-state index < -0.39 is 45.8 Å². The van der Waals surface area contributed by atoms with Crippen LogP contribution in [0.2, 0.25) is 0 Å². The Labute approximate surface area is 165 Å². The molecule has 0 unspecified atom stereocenters. The van der Waals surface area contributed by atoms with Gasteiger partial charge in [0.1, 0.15) is 6.10 Å². The van der Waals surface area contributed by atoms with Crippen molar-refractivity contribution < 1.29 is 35.9 Å². The monoisotopic (exact) mass is 435 g/mol. The molecule has 0 spiro atoms. The van der Waals surface area contributed by atoms with Gasteiger partial charge in [-0.2, -0.15) is 17.5 Å². The van der Waals surface area contributed by atoms with Crippen molar-refractivity contribution in [2.24, 2.45) is 0 Å².